The lowest BCUT2D eigenvalue weighted by molar-refractivity contribution is 0.0948. The van der Waals surface area contributed by atoms with Gasteiger partial charge in [-0.3, -0.25) is 9.48 Å². The Labute approximate surface area is 185 Å². The zero-order valence-electron chi connectivity index (χ0n) is 15.7. The van der Waals surface area contributed by atoms with Gasteiger partial charge in [0.15, 0.2) is 5.69 Å². The van der Waals surface area contributed by atoms with Gasteiger partial charge in [0.2, 0.25) is 0 Å². The van der Waals surface area contributed by atoms with E-state index in [1.54, 1.807) is 43.3 Å². The van der Waals surface area contributed by atoms with Crippen molar-refractivity contribution in [1.29, 1.82) is 0 Å². The van der Waals surface area contributed by atoms with Crippen molar-refractivity contribution in [1.82, 2.24) is 15.2 Å². The van der Waals surface area contributed by atoms with Gasteiger partial charge in [-0.15, -0.1) is 0 Å². The number of aromatic nitrogens is 2. The third-order valence-corrected chi connectivity index (χ3v) is 5.11. The topological polar surface area (TPSA) is 77.7 Å². The van der Waals surface area contributed by atoms with E-state index in [4.69, 9.17) is 9.47 Å². The zero-order valence-corrected chi connectivity index (χ0v) is 18.9. The molecule has 3 rings (SSSR count). The molecule has 1 heterocycles. The standard InChI is InChI=1S/C20H18Br2N4O3/c1-28-16-8-5-14(18(9-16)29-2)10-23-24-20(27)19-17(22)12-26(25-19)11-13-3-6-15(21)7-4-13/h3-10,12H,11H2,1-2H3,(H,24,27)/b23-10+. The van der Waals surface area contributed by atoms with Crippen LogP contribution in [0.15, 0.2) is 62.7 Å². The fourth-order valence-electron chi connectivity index (χ4n) is 2.55. The quantitative estimate of drug-likeness (QED) is 0.372. The van der Waals surface area contributed by atoms with Crippen LogP contribution in [0.5, 0.6) is 11.5 Å². The molecule has 0 atom stereocenters. The van der Waals surface area contributed by atoms with Crippen molar-refractivity contribution >= 4 is 44.0 Å². The summed E-state index contributed by atoms with van der Waals surface area (Å²) in [5.74, 6) is 0.834. The summed E-state index contributed by atoms with van der Waals surface area (Å²) in [6, 6.07) is 13.2. The van der Waals surface area contributed by atoms with Crippen molar-refractivity contribution in [3.05, 3.63) is 74.4 Å². The third-order valence-electron chi connectivity index (χ3n) is 4.00. The number of nitrogens with one attached hydrogen (secondary N) is 1. The fourth-order valence-corrected chi connectivity index (χ4v) is 3.31. The maximum atomic E-state index is 12.4. The molecule has 1 aromatic heterocycles. The molecule has 0 saturated heterocycles. The van der Waals surface area contributed by atoms with Crippen LogP contribution in [0.2, 0.25) is 0 Å². The number of hydrogen-bond donors (Lipinski definition) is 1. The summed E-state index contributed by atoms with van der Waals surface area (Å²) >= 11 is 6.79. The van der Waals surface area contributed by atoms with Crippen molar-refractivity contribution in [2.24, 2.45) is 5.10 Å². The zero-order chi connectivity index (χ0) is 20.8. The van der Waals surface area contributed by atoms with Gasteiger partial charge in [0.1, 0.15) is 11.5 Å². The molecule has 29 heavy (non-hydrogen) atoms. The predicted molar refractivity (Wildman–Crippen MR) is 118 cm³/mol. The summed E-state index contributed by atoms with van der Waals surface area (Å²) in [6.45, 7) is 0.547. The minimum absolute atomic E-state index is 0.251. The minimum Gasteiger partial charge on any atom is -0.497 e. The molecular formula is C20H18Br2N4O3. The molecule has 1 amide bonds. The number of carbonyl (C=O) groups is 1. The molecule has 0 radical (unpaired) electrons. The third kappa shape index (κ3) is 5.45. The van der Waals surface area contributed by atoms with Crippen molar-refractivity contribution in [3.8, 4) is 11.5 Å². The number of rotatable bonds is 7. The van der Waals surface area contributed by atoms with Gasteiger partial charge in [-0.1, -0.05) is 28.1 Å². The SMILES string of the molecule is COc1ccc(/C=N/NC(=O)c2nn(Cc3ccc(Br)cc3)cc2Br)c(OC)c1. The smallest absolute Gasteiger partial charge is 0.293 e. The molecule has 1 N–H and O–H groups in total. The molecule has 0 spiro atoms. The lowest BCUT2D eigenvalue weighted by Gasteiger charge is -2.06. The van der Waals surface area contributed by atoms with Gasteiger partial charge in [-0.2, -0.15) is 10.2 Å². The first-order chi connectivity index (χ1) is 14.0. The van der Waals surface area contributed by atoms with Crippen molar-refractivity contribution in [2.45, 2.75) is 6.54 Å². The first-order valence-electron chi connectivity index (χ1n) is 8.53. The van der Waals surface area contributed by atoms with E-state index in [1.165, 1.54) is 6.21 Å². The van der Waals surface area contributed by atoms with Crippen molar-refractivity contribution in [2.75, 3.05) is 14.2 Å². The summed E-state index contributed by atoms with van der Waals surface area (Å²) in [4.78, 5) is 12.4. The molecule has 0 aliphatic carbocycles. The molecule has 3 aromatic rings. The van der Waals surface area contributed by atoms with Gasteiger partial charge in [0, 0.05) is 22.3 Å². The highest BCUT2D eigenvalue weighted by molar-refractivity contribution is 9.10. The van der Waals surface area contributed by atoms with E-state index < -0.39 is 5.91 Å². The second-order valence-corrected chi connectivity index (χ2v) is 7.73. The van der Waals surface area contributed by atoms with Crippen LogP contribution in [0.4, 0.5) is 0 Å². The van der Waals surface area contributed by atoms with Gasteiger partial charge >= 0.3 is 0 Å². The largest absolute Gasteiger partial charge is 0.497 e. The van der Waals surface area contributed by atoms with E-state index in [1.807, 2.05) is 24.3 Å². The lowest BCUT2D eigenvalue weighted by atomic mass is 10.2. The summed E-state index contributed by atoms with van der Waals surface area (Å²) in [5, 5.41) is 8.35. The summed E-state index contributed by atoms with van der Waals surface area (Å²) in [6.07, 6.45) is 3.26. The van der Waals surface area contributed by atoms with Gasteiger partial charge in [0.25, 0.3) is 5.91 Å². The Bertz CT molecular complexity index is 1030. The highest BCUT2D eigenvalue weighted by atomic mass is 79.9. The summed E-state index contributed by atoms with van der Waals surface area (Å²) in [7, 11) is 3.14. The average Bonchev–Trinajstić information content (AvgIpc) is 3.09. The normalized spacial score (nSPS) is 10.9. The van der Waals surface area contributed by atoms with E-state index in [0.717, 1.165) is 10.0 Å². The van der Waals surface area contributed by atoms with Crippen LogP contribution >= 0.6 is 31.9 Å². The van der Waals surface area contributed by atoms with Gasteiger partial charge in [0.05, 0.1) is 31.5 Å². The molecule has 0 saturated carbocycles. The van der Waals surface area contributed by atoms with E-state index >= 15 is 0 Å². The number of nitrogens with zero attached hydrogens (tertiary/aromatic N) is 3. The van der Waals surface area contributed by atoms with Gasteiger partial charge in [-0.25, -0.2) is 5.43 Å². The number of ether oxygens (including phenoxy) is 2. The molecule has 0 fully saturated rings. The van der Waals surface area contributed by atoms with Crippen LogP contribution in [-0.2, 0) is 6.54 Å². The molecule has 150 valence electrons. The second kappa shape index (κ2) is 9.71. The second-order valence-electron chi connectivity index (χ2n) is 5.96. The number of amides is 1. The van der Waals surface area contributed by atoms with Crippen LogP contribution in [0, 0.1) is 0 Å². The lowest BCUT2D eigenvalue weighted by Crippen LogP contribution is -2.19. The molecule has 2 aromatic carbocycles. The molecule has 9 heteroatoms. The number of halogens is 2. The van der Waals surface area contributed by atoms with Crippen LogP contribution in [0.1, 0.15) is 21.6 Å². The molecule has 0 aliphatic rings. The number of methoxy groups -OCH3 is 2. The highest BCUT2D eigenvalue weighted by Gasteiger charge is 2.15. The maximum Gasteiger partial charge on any atom is 0.293 e. The van der Waals surface area contributed by atoms with Crippen LogP contribution in [-0.4, -0.2) is 36.1 Å². The Morgan fingerprint density at radius 3 is 2.62 bits per heavy atom. The summed E-state index contributed by atoms with van der Waals surface area (Å²) < 4.78 is 13.8. The summed E-state index contributed by atoms with van der Waals surface area (Å²) in [5.41, 5.74) is 4.51. The monoisotopic (exact) mass is 520 g/mol. The predicted octanol–water partition coefficient (Wildman–Crippen LogP) is 4.24. The number of hydrazone groups is 1. The van der Waals surface area contributed by atoms with Crippen LogP contribution in [0.3, 0.4) is 0 Å². The molecular weight excluding hydrogens is 504 g/mol. The average molecular weight is 522 g/mol. The van der Waals surface area contributed by atoms with Crippen molar-refractivity contribution in [3.63, 3.8) is 0 Å². The van der Waals surface area contributed by atoms with Gasteiger partial charge < -0.3 is 9.47 Å². The Morgan fingerprint density at radius 2 is 1.93 bits per heavy atom. The first kappa shape index (κ1) is 21.1. The maximum absolute atomic E-state index is 12.4. The van der Waals surface area contributed by atoms with E-state index in [2.05, 4.69) is 47.5 Å². The number of hydrogen-bond acceptors (Lipinski definition) is 5. The molecule has 0 aliphatic heterocycles. The molecule has 0 bridgehead atoms. The van der Waals surface area contributed by atoms with E-state index in [0.29, 0.717) is 28.1 Å². The Hall–Kier alpha value is -2.65. The fraction of sp³-hybridized carbons (Fsp3) is 0.150. The Balaban J connectivity index is 1.67. The number of benzene rings is 2. The highest BCUT2D eigenvalue weighted by Crippen LogP contribution is 2.23. The Kier molecular flexibility index (Phi) is 7.05. The molecule has 0 unspecified atom stereocenters. The Morgan fingerprint density at radius 1 is 1.17 bits per heavy atom. The number of carbonyl (C=O) groups excluding carboxylic acids is 1. The van der Waals surface area contributed by atoms with E-state index in [9.17, 15) is 4.79 Å². The van der Waals surface area contributed by atoms with Crippen LogP contribution in [0.25, 0.3) is 0 Å². The molecule has 7 nitrogen and oxygen atoms in total. The van der Waals surface area contributed by atoms with Gasteiger partial charge in [-0.05, 0) is 45.8 Å². The first-order valence-corrected chi connectivity index (χ1v) is 10.1. The van der Waals surface area contributed by atoms with Crippen molar-refractivity contribution < 1.29 is 14.3 Å². The van der Waals surface area contributed by atoms with E-state index in [-0.39, 0.29) is 5.69 Å². The minimum atomic E-state index is -0.421. The van der Waals surface area contributed by atoms with Crippen LogP contribution < -0.4 is 14.9 Å².